The molecule has 1 aliphatic carbocycles. The molecule has 3 rings (SSSR count). The van der Waals surface area contributed by atoms with Crippen LogP contribution in [0.25, 0.3) is 0 Å². The fourth-order valence-electron chi connectivity index (χ4n) is 2.92. The first-order chi connectivity index (χ1) is 12.6. The third kappa shape index (κ3) is 4.81. The summed E-state index contributed by atoms with van der Waals surface area (Å²) in [5.41, 5.74) is 0.712. The molecule has 9 heteroatoms. The van der Waals surface area contributed by atoms with Crippen molar-refractivity contribution in [3.63, 3.8) is 0 Å². The highest BCUT2D eigenvalue weighted by atomic mass is 32.2. The molecular formula is C17H22N6O2S. The van der Waals surface area contributed by atoms with Gasteiger partial charge in [0.25, 0.3) is 0 Å². The van der Waals surface area contributed by atoms with E-state index in [0.717, 1.165) is 12.8 Å². The quantitative estimate of drug-likeness (QED) is 0.745. The molecule has 1 fully saturated rings. The first kappa shape index (κ1) is 18.4. The van der Waals surface area contributed by atoms with E-state index in [2.05, 4.69) is 20.8 Å². The van der Waals surface area contributed by atoms with Gasteiger partial charge in [0.15, 0.2) is 0 Å². The van der Waals surface area contributed by atoms with E-state index in [-0.39, 0.29) is 24.1 Å². The monoisotopic (exact) mass is 374 g/mol. The summed E-state index contributed by atoms with van der Waals surface area (Å²) < 4.78 is 1.83. The highest BCUT2D eigenvalue weighted by molar-refractivity contribution is 7.99. The molecule has 0 radical (unpaired) electrons. The molecule has 0 atom stereocenters. The minimum absolute atomic E-state index is 0.00184. The van der Waals surface area contributed by atoms with Crippen LogP contribution in [-0.4, -0.2) is 56.3 Å². The standard InChI is InChI=1S/C17H22N6O2S/c1-22(11-15(24)18-13-7-3-2-4-8-13)16(25)12-26-17-19-20-21-23(17)14-9-5-6-10-14/h2-4,7-8,14H,5-6,9-12H2,1H3,(H,18,24). The number of hydrogen-bond donors (Lipinski definition) is 1. The summed E-state index contributed by atoms with van der Waals surface area (Å²) in [5, 5.41) is 15.3. The second kappa shape index (κ2) is 8.79. The van der Waals surface area contributed by atoms with Crippen LogP contribution in [0, 0.1) is 0 Å². The molecule has 138 valence electrons. The molecule has 1 saturated carbocycles. The van der Waals surface area contributed by atoms with E-state index < -0.39 is 0 Å². The van der Waals surface area contributed by atoms with Crippen molar-refractivity contribution >= 4 is 29.3 Å². The summed E-state index contributed by atoms with van der Waals surface area (Å²) in [6, 6.07) is 9.50. The fraction of sp³-hybridized carbons (Fsp3) is 0.471. The highest BCUT2D eigenvalue weighted by Gasteiger charge is 2.22. The van der Waals surface area contributed by atoms with Crippen molar-refractivity contribution in [2.45, 2.75) is 36.9 Å². The summed E-state index contributed by atoms with van der Waals surface area (Å²) in [6.45, 7) is 0.00184. The van der Waals surface area contributed by atoms with Gasteiger partial charge in [-0.2, -0.15) is 0 Å². The molecule has 1 aliphatic rings. The van der Waals surface area contributed by atoms with Gasteiger partial charge in [-0.1, -0.05) is 42.8 Å². The molecule has 2 aromatic rings. The lowest BCUT2D eigenvalue weighted by atomic mass is 10.3. The van der Waals surface area contributed by atoms with Gasteiger partial charge in [-0.05, 0) is 35.4 Å². The molecule has 1 heterocycles. The van der Waals surface area contributed by atoms with Gasteiger partial charge in [0, 0.05) is 12.7 Å². The van der Waals surface area contributed by atoms with E-state index in [1.165, 1.54) is 29.5 Å². The van der Waals surface area contributed by atoms with Crippen molar-refractivity contribution in [2.24, 2.45) is 0 Å². The number of likely N-dealkylation sites (N-methyl/N-ethyl adjacent to an activating group) is 1. The minimum Gasteiger partial charge on any atom is -0.336 e. The van der Waals surface area contributed by atoms with E-state index in [1.807, 2.05) is 22.9 Å². The molecular weight excluding hydrogens is 352 g/mol. The van der Waals surface area contributed by atoms with Gasteiger partial charge < -0.3 is 10.2 Å². The number of benzene rings is 1. The van der Waals surface area contributed by atoms with Crippen molar-refractivity contribution in [1.82, 2.24) is 25.1 Å². The van der Waals surface area contributed by atoms with Gasteiger partial charge in [0.2, 0.25) is 17.0 Å². The molecule has 0 aliphatic heterocycles. The Morgan fingerprint density at radius 3 is 2.73 bits per heavy atom. The zero-order valence-electron chi connectivity index (χ0n) is 14.7. The minimum atomic E-state index is -0.229. The van der Waals surface area contributed by atoms with Crippen LogP contribution in [0.4, 0.5) is 5.69 Å². The number of rotatable bonds is 7. The smallest absolute Gasteiger partial charge is 0.243 e. The number of nitrogens with one attached hydrogen (secondary N) is 1. The van der Waals surface area contributed by atoms with Crippen molar-refractivity contribution in [1.29, 1.82) is 0 Å². The van der Waals surface area contributed by atoms with Crippen LogP contribution in [-0.2, 0) is 9.59 Å². The Morgan fingerprint density at radius 2 is 2.00 bits per heavy atom. The predicted octanol–water partition coefficient (Wildman–Crippen LogP) is 1.98. The highest BCUT2D eigenvalue weighted by Crippen LogP contribution is 2.31. The number of anilines is 1. The van der Waals surface area contributed by atoms with E-state index in [1.54, 1.807) is 19.2 Å². The first-order valence-electron chi connectivity index (χ1n) is 8.63. The second-order valence-corrected chi connectivity index (χ2v) is 7.24. The van der Waals surface area contributed by atoms with Gasteiger partial charge in [-0.3, -0.25) is 9.59 Å². The molecule has 0 spiro atoms. The number of hydrogen-bond acceptors (Lipinski definition) is 6. The number of carbonyl (C=O) groups excluding carboxylic acids is 2. The van der Waals surface area contributed by atoms with E-state index in [0.29, 0.717) is 16.9 Å². The van der Waals surface area contributed by atoms with Crippen LogP contribution in [0.5, 0.6) is 0 Å². The summed E-state index contributed by atoms with van der Waals surface area (Å²) in [6.07, 6.45) is 4.53. The van der Waals surface area contributed by atoms with Crippen molar-refractivity contribution in [2.75, 3.05) is 24.7 Å². The zero-order chi connectivity index (χ0) is 18.4. The van der Waals surface area contributed by atoms with Gasteiger partial charge in [0.1, 0.15) is 0 Å². The molecule has 2 amide bonds. The number of amides is 2. The topological polar surface area (TPSA) is 93.0 Å². The number of nitrogens with zero attached hydrogens (tertiary/aromatic N) is 5. The molecule has 0 saturated heterocycles. The number of tetrazole rings is 1. The Hall–Kier alpha value is -2.42. The van der Waals surface area contributed by atoms with Crippen molar-refractivity contribution < 1.29 is 9.59 Å². The fourth-order valence-corrected chi connectivity index (χ4v) is 3.81. The summed E-state index contributed by atoms with van der Waals surface area (Å²) in [5.74, 6) is -0.172. The molecule has 26 heavy (non-hydrogen) atoms. The molecule has 8 nitrogen and oxygen atoms in total. The predicted molar refractivity (Wildman–Crippen MR) is 98.8 cm³/mol. The average molecular weight is 374 g/mol. The van der Waals surface area contributed by atoms with Crippen LogP contribution in [0.2, 0.25) is 0 Å². The third-order valence-corrected chi connectivity index (χ3v) is 5.24. The number of carbonyl (C=O) groups is 2. The molecule has 0 bridgehead atoms. The molecule has 1 N–H and O–H groups in total. The van der Waals surface area contributed by atoms with Gasteiger partial charge in [-0.15, -0.1) is 5.10 Å². The number of thioether (sulfide) groups is 1. The Balaban J connectivity index is 1.47. The third-order valence-electron chi connectivity index (χ3n) is 4.32. The Morgan fingerprint density at radius 1 is 1.27 bits per heavy atom. The van der Waals surface area contributed by atoms with Gasteiger partial charge >= 0.3 is 0 Å². The summed E-state index contributed by atoms with van der Waals surface area (Å²) in [7, 11) is 1.62. The molecule has 1 aromatic carbocycles. The lowest BCUT2D eigenvalue weighted by Crippen LogP contribution is -2.36. The van der Waals surface area contributed by atoms with E-state index in [9.17, 15) is 9.59 Å². The summed E-state index contributed by atoms with van der Waals surface area (Å²) in [4.78, 5) is 25.8. The Kier molecular flexibility index (Phi) is 6.21. The maximum absolute atomic E-state index is 12.3. The van der Waals surface area contributed by atoms with Crippen LogP contribution < -0.4 is 5.32 Å². The van der Waals surface area contributed by atoms with Crippen molar-refractivity contribution in [3.8, 4) is 0 Å². The van der Waals surface area contributed by atoms with Gasteiger partial charge in [0.05, 0.1) is 18.3 Å². The first-order valence-corrected chi connectivity index (χ1v) is 9.61. The van der Waals surface area contributed by atoms with Crippen LogP contribution in [0.15, 0.2) is 35.5 Å². The SMILES string of the molecule is CN(CC(=O)Nc1ccccc1)C(=O)CSc1nnnn1C1CCCC1. The van der Waals surface area contributed by atoms with Crippen LogP contribution in [0.1, 0.15) is 31.7 Å². The average Bonchev–Trinajstić information content (AvgIpc) is 3.31. The molecule has 0 unspecified atom stereocenters. The summed E-state index contributed by atoms with van der Waals surface area (Å²) >= 11 is 1.31. The maximum atomic E-state index is 12.3. The second-order valence-electron chi connectivity index (χ2n) is 6.30. The normalized spacial score (nSPS) is 14.3. The Bertz CT molecular complexity index is 745. The van der Waals surface area contributed by atoms with Crippen LogP contribution >= 0.6 is 11.8 Å². The Labute approximate surface area is 156 Å². The van der Waals surface area contributed by atoms with Crippen molar-refractivity contribution in [3.05, 3.63) is 30.3 Å². The largest absolute Gasteiger partial charge is 0.336 e. The maximum Gasteiger partial charge on any atom is 0.243 e. The number of aromatic nitrogens is 4. The lowest BCUT2D eigenvalue weighted by molar-refractivity contribution is -0.131. The zero-order valence-corrected chi connectivity index (χ0v) is 15.5. The van der Waals surface area contributed by atoms with E-state index in [4.69, 9.17) is 0 Å². The molecule has 1 aromatic heterocycles. The van der Waals surface area contributed by atoms with Crippen LogP contribution in [0.3, 0.4) is 0 Å². The van der Waals surface area contributed by atoms with Gasteiger partial charge in [-0.25, -0.2) is 4.68 Å². The lowest BCUT2D eigenvalue weighted by Gasteiger charge is -2.17. The van der Waals surface area contributed by atoms with E-state index >= 15 is 0 Å². The number of para-hydroxylation sites is 1.